The van der Waals surface area contributed by atoms with Gasteiger partial charge in [0, 0.05) is 31.6 Å². The smallest absolute Gasteiger partial charge is 0.311 e. The summed E-state index contributed by atoms with van der Waals surface area (Å²) < 4.78 is 4.95. The zero-order valence-corrected chi connectivity index (χ0v) is 13.1. The summed E-state index contributed by atoms with van der Waals surface area (Å²) in [5, 5.41) is 2.99. The Kier molecular flexibility index (Phi) is 5.79. The van der Waals surface area contributed by atoms with Gasteiger partial charge in [-0.3, -0.25) is 9.69 Å². The first-order valence-corrected chi connectivity index (χ1v) is 8.18. The third-order valence-electron chi connectivity index (χ3n) is 3.35. The predicted molar refractivity (Wildman–Crippen MR) is 81.4 cm³/mol. The lowest BCUT2D eigenvalue weighted by molar-refractivity contribution is -0.142. The van der Waals surface area contributed by atoms with Crippen LogP contribution in [-0.4, -0.2) is 55.2 Å². The topological polar surface area (TPSA) is 45.7 Å². The van der Waals surface area contributed by atoms with Crippen LogP contribution in [0.4, 0.5) is 5.13 Å². The van der Waals surface area contributed by atoms with Crippen molar-refractivity contribution < 1.29 is 9.53 Å². The van der Waals surface area contributed by atoms with Crippen LogP contribution in [-0.2, 0) is 16.0 Å². The van der Waals surface area contributed by atoms with Gasteiger partial charge in [-0.05, 0) is 19.9 Å². The molecule has 0 N–H and O–H groups in total. The summed E-state index contributed by atoms with van der Waals surface area (Å²) in [6.07, 6.45) is 1.49. The number of anilines is 1. The first-order valence-electron chi connectivity index (χ1n) is 7.30. The fraction of sp³-hybridized carbons (Fsp3) is 0.714. The molecular weight excluding hydrogens is 274 g/mol. The Morgan fingerprint density at radius 1 is 1.35 bits per heavy atom. The summed E-state index contributed by atoms with van der Waals surface area (Å²) in [6, 6.07) is 0. The minimum atomic E-state index is -0.197. The number of carbonyl (C=O) groups is 1. The molecule has 5 nitrogen and oxygen atoms in total. The van der Waals surface area contributed by atoms with E-state index < -0.39 is 0 Å². The van der Waals surface area contributed by atoms with Gasteiger partial charge >= 0.3 is 5.97 Å². The van der Waals surface area contributed by atoms with Crippen LogP contribution in [0.25, 0.3) is 0 Å². The number of thiazole rings is 1. The highest BCUT2D eigenvalue weighted by Crippen LogP contribution is 2.22. The number of rotatable bonds is 6. The minimum Gasteiger partial charge on any atom is -0.466 e. The van der Waals surface area contributed by atoms with E-state index in [9.17, 15) is 4.79 Å². The van der Waals surface area contributed by atoms with Crippen molar-refractivity contribution >= 4 is 22.4 Å². The maximum Gasteiger partial charge on any atom is 0.311 e. The zero-order chi connectivity index (χ0) is 14.4. The molecule has 1 aliphatic rings. The maximum absolute atomic E-state index is 11.4. The number of piperazine rings is 1. The van der Waals surface area contributed by atoms with Gasteiger partial charge in [0.05, 0.1) is 18.7 Å². The van der Waals surface area contributed by atoms with E-state index in [0.717, 1.165) is 37.0 Å². The second-order valence-electron chi connectivity index (χ2n) is 4.93. The number of ether oxygens (including phenoxy) is 1. The number of aromatic nitrogens is 1. The average molecular weight is 297 g/mol. The Morgan fingerprint density at radius 2 is 2.10 bits per heavy atom. The summed E-state index contributed by atoms with van der Waals surface area (Å²) in [5.41, 5.74) is 0.819. The molecule has 1 aromatic rings. The molecule has 0 spiro atoms. The van der Waals surface area contributed by atoms with E-state index >= 15 is 0 Å². The van der Waals surface area contributed by atoms with E-state index in [-0.39, 0.29) is 12.4 Å². The van der Waals surface area contributed by atoms with Crippen LogP contribution < -0.4 is 4.90 Å². The molecule has 0 saturated carbocycles. The van der Waals surface area contributed by atoms with E-state index in [1.165, 1.54) is 13.0 Å². The van der Waals surface area contributed by atoms with Crippen LogP contribution in [0, 0.1) is 0 Å². The second-order valence-corrected chi connectivity index (χ2v) is 5.77. The van der Waals surface area contributed by atoms with Gasteiger partial charge < -0.3 is 9.64 Å². The first kappa shape index (κ1) is 15.3. The highest BCUT2D eigenvalue weighted by Gasteiger charge is 2.19. The maximum atomic E-state index is 11.4. The lowest BCUT2D eigenvalue weighted by Crippen LogP contribution is -2.46. The van der Waals surface area contributed by atoms with Crippen molar-refractivity contribution in [1.29, 1.82) is 0 Å². The molecule has 112 valence electrons. The molecule has 0 bridgehead atoms. The molecule has 0 unspecified atom stereocenters. The van der Waals surface area contributed by atoms with Crippen molar-refractivity contribution in [2.45, 2.75) is 26.7 Å². The standard InChI is InChI=1S/C14H23N3O2S/c1-3-5-16-6-8-17(9-7-16)14-15-12(11-20-14)10-13(18)19-4-2/h11H,3-10H2,1-2H3. The highest BCUT2D eigenvalue weighted by atomic mass is 32.1. The molecule has 0 aromatic carbocycles. The normalized spacial score (nSPS) is 16.4. The Balaban J connectivity index is 1.85. The number of esters is 1. The number of hydrogen-bond acceptors (Lipinski definition) is 6. The molecule has 0 radical (unpaired) electrons. The fourth-order valence-corrected chi connectivity index (χ4v) is 3.24. The molecule has 1 saturated heterocycles. The quantitative estimate of drug-likeness (QED) is 0.749. The third kappa shape index (κ3) is 4.18. The molecule has 0 amide bonds. The van der Waals surface area contributed by atoms with Gasteiger partial charge in [-0.1, -0.05) is 6.92 Å². The van der Waals surface area contributed by atoms with E-state index in [4.69, 9.17) is 4.74 Å². The van der Waals surface area contributed by atoms with E-state index in [1.54, 1.807) is 11.3 Å². The fourth-order valence-electron chi connectivity index (χ4n) is 2.36. The van der Waals surface area contributed by atoms with Gasteiger partial charge in [0.1, 0.15) is 0 Å². The number of nitrogens with zero attached hydrogens (tertiary/aromatic N) is 3. The van der Waals surface area contributed by atoms with Crippen molar-refractivity contribution in [3.8, 4) is 0 Å². The predicted octanol–water partition coefficient (Wildman–Crippen LogP) is 1.78. The van der Waals surface area contributed by atoms with Crippen molar-refractivity contribution in [3.63, 3.8) is 0 Å². The van der Waals surface area contributed by atoms with Crippen LogP contribution in [0.2, 0.25) is 0 Å². The summed E-state index contributed by atoms with van der Waals surface area (Å²) in [5.74, 6) is -0.197. The molecule has 20 heavy (non-hydrogen) atoms. The van der Waals surface area contributed by atoms with Gasteiger partial charge in [0.2, 0.25) is 0 Å². The SMILES string of the molecule is CCCN1CCN(c2nc(CC(=O)OCC)cs2)CC1. The molecule has 0 aliphatic carbocycles. The van der Waals surface area contributed by atoms with Crippen LogP contribution in [0.1, 0.15) is 26.0 Å². The highest BCUT2D eigenvalue weighted by molar-refractivity contribution is 7.13. The summed E-state index contributed by atoms with van der Waals surface area (Å²) in [4.78, 5) is 20.8. The Labute approximate surface area is 124 Å². The molecule has 6 heteroatoms. The van der Waals surface area contributed by atoms with Crippen molar-refractivity contribution in [2.75, 3.05) is 44.2 Å². The van der Waals surface area contributed by atoms with Crippen molar-refractivity contribution in [1.82, 2.24) is 9.88 Å². The Bertz CT molecular complexity index is 428. The van der Waals surface area contributed by atoms with Crippen LogP contribution >= 0.6 is 11.3 Å². The van der Waals surface area contributed by atoms with Gasteiger partial charge in [-0.2, -0.15) is 0 Å². The molecule has 1 fully saturated rings. The third-order valence-corrected chi connectivity index (χ3v) is 4.30. The molecule has 0 atom stereocenters. The Morgan fingerprint density at radius 3 is 2.75 bits per heavy atom. The largest absolute Gasteiger partial charge is 0.466 e. The van der Waals surface area contributed by atoms with Gasteiger partial charge in [0.25, 0.3) is 0 Å². The summed E-state index contributed by atoms with van der Waals surface area (Å²) in [7, 11) is 0. The molecule has 2 rings (SSSR count). The van der Waals surface area contributed by atoms with Crippen molar-refractivity contribution in [3.05, 3.63) is 11.1 Å². The summed E-state index contributed by atoms with van der Waals surface area (Å²) in [6.45, 7) is 9.88. The minimum absolute atomic E-state index is 0.197. The van der Waals surface area contributed by atoms with E-state index in [2.05, 4.69) is 21.7 Å². The lowest BCUT2D eigenvalue weighted by atomic mass is 10.3. The molecule has 1 aliphatic heterocycles. The van der Waals surface area contributed by atoms with E-state index in [0.29, 0.717) is 6.61 Å². The van der Waals surface area contributed by atoms with Gasteiger partial charge in [-0.25, -0.2) is 4.98 Å². The average Bonchev–Trinajstić information content (AvgIpc) is 2.88. The van der Waals surface area contributed by atoms with E-state index in [1.807, 2.05) is 12.3 Å². The molecular formula is C14H23N3O2S. The second kappa shape index (κ2) is 7.59. The molecule has 1 aromatic heterocycles. The zero-order valence-electron chi connectivity index (χ0n) is 12.3. The lowest BCUT2D eigenvalue weighted by Gasteiger charge is -2.34. The van der Waals surface area contributed by atoms with Gasteiger partial charge in [-0.15, -0.1) is 11.3 Å². The van der Waals surface area contributed by atoms with Crippen LogP contribution in [0.5, 0.6) is 0 Å². The van der Waals surface area contributed by atoms with Crippen molar-refractivity contribution in [2.24, 2.45) is 0 Å². The van der Waals surface area contributed by atoms with Crippen LogP contribution in [0.3, 0.4) is 0 Å². The number of hydrogen-bond donors (Lipinski definition) is 0. The Hall–Kier alpha value is -1.14. The molecule has 2 heterocycles. The number of carbonyl (C=O) groups excluding carboxylic acids is 1. The monoisotopic (exact) mass is 297 g/mol. The summed E-state index contributed by atoms with van der Waals surface area (Å²) >= 11 is 1.62. The van der Waals surface area contributed by atoms with Crippen LogP contribution in [0.15, 0.2) is 5.38 Å². The first-order chi connectivity index (χ1) is 9.72. The van der Waals surface area contributed by atoms with Gasteiger partial charge in [0.15, 0.2) is 5.13 Å².